The summed E-state index contributed by atoms with van der Waals surface area (Å²) in [7, 11) is 0. The van der Waals surface area contributed by atoms with E-state index in [2.05, 4.69) is 24.5 Å². The molecule has 2 N–H and O–H groups in total. The Morgan fingerprint density at radius 3 is 2.69 bits per heavy atom. The largest absolute Gasteiger partial charge is 0.336 e. The Hall–Kier alpha value is -1.88. The maximum absolute atomic E-state index is 12.8. The molecule has 2 heterocycles. The maximum Gasteiger partial charge on any atom is 0.254 e. The number of hydrogen-bond acceptors (Lipinski definition) is 3. The lowest BCUT2D eigenvalue weighted by atomic mass is 9.92. The van der Waals surface area contributed by atoms with Gasteiger partial charge in [-0.1, -0.05) is 0 Å². The van der Waals surface area contributed by atoms with Crippen molar-refractivity contribution in [3.05, 3.63) is 29.3 Å². The molecule has 0 aromatic heterocycles. The minimum Gasteiger partial charge on any atom is -0.336 e. The number of piperidine rings is 2. The molecule has 1 unspecified atom stereocenters. The zero-order valence-electron chi connectivity index (χ0n) is 16.2. The van der Waals surface area contributed by atoms with Crippen LogP contribution in [0.3, 0.4) is 0 Å². The van der Waals surface area contributed by atoms with E-state index in [4.69, 9.17) is 0 Å². The normalized spacial score (nSPS) is 26.4. The Kier molecular flexibility index (Phi) is 5.97. The molecule has 0 bridgehead atoms. The summed E-state index contributed by atoms with van der Waals surface area (Å²) in [4.78, 5) is 27.4. The first kappa shape index (κ1) is 18.9. The third-order valence-electron chi connectivity index (χ3n) is 5.79. The second-order valence-corrected chi connectivity index (χ2v) is 7.94. The third kappa shape index (κ3) is 4.26. The summed E-state index contributed by atoms with van der Waals surface area (Å²) in [5.41, 5.74) is 2.46. The summed E-state index contributed by atoms with van der Waals surface area (Å²) in [6.45, 7) is 7.92. The summed E-state index contributed by atoms with van der Waals surface area (Å²) in [6.07, 6.45) is 5.10. The lowest BCUT2D eigenvalue weighted by molar-refractivity contribution is -0.120. The van der Waals surface area contributed by atoms with E-state index in [-0.39, 0.29) is 17.7 Å². The molecule has 3 atom stereocenters. The van der Waals surface area contributed by atoms with Gasteiger partial charge in [-0.2, -0.15) is 0 Å². The first-order valence-electron chi connectivity index (χ1n) is 9.91. The summed E-state index contributed by atoms with van der Waals surface area (Å²) in [5.74, 6) is 0.247. The number of hydrogen-bond donors (Lipinski definition) is 2. The Balaban J connectivity index is 1.67. The van der Waals surface area contributed by atoms with Crippen LogP contribution >= 0.6 is 0 Å². The van der Waals surface area contributed by atoms with Gasteiger partial charge in [0.2, 0.25) is 5.91 Å². The van der Waals surface area contributed by atoms with Gasteiger partial charge < -0.3 is 15.5 Å². The summed E-state index contributed by atoms with van der Waals surface area (Å²) < 4.78 is 0. The molecule has 2 fully saturated rings. The molecule has 0 spiro atoms. The quantitative estimate of drug-likeness (QED) is 0.872. The number of carbonyl (C=O) groups is 2. The van der Waals surface area contributed by atoms with E-state index in [1.165, 1.54) is 6.42 Å². The van der Waals surface area contributed by atoms with Gasteiger partial charge in [-0.25, -0.2) is 0 Å². The van der Waals surface area contributed by atoms with Crippen LogP contribution in [0.2, 0.25) is 0 Å². The maximum atomic E-state index is 12.8. The Labute approximate surface area is 156 Å². The molecular weight excluding hydrogens is 326 g/mol. The topological polar surface area (TPSA) is 61.4 Å². The number of nitrogens with zero attached hydrogens (tertiary/aromatic N) is 1. The molecule has 1 aromatic rings. The van der Waals surface area contributed by atoms with E-state index in [0.717, 1.165) is 50.0 Å². The highest BCUT2D eigenvalue weighted by atomic mass is 16.2. The molecule has 0 saturated carbocycles. The number of carbonyl (C=O) groups excluding carboxylic acids is 2. The van der Waals surface area contributed by atoms with Crippen molar-refractivity contribution in [2.75, 3.05) is 18.4 Å². The zero-order chi connectivity index (χ0) is 18.7. The molecule has 2 saturated heterocycles. The van der Waals surface area contributed by atoms with Crippen molar-refractivity contribution in [3.63, 3.8) is 0 Å². The highest BCUT2D eigenvalue weighted by molar-refractivity contribution is 5.97. The molecule has 5 nitrogen and oxygen atoms in total. The summed E-state index contributed by atoms with van der Waals surface area (Å²) in [5, 5.41) is 6.44. The highest BCUT2D eigenvalue weighted by Gasteiger charge is 2.26. The molecule has 0 aliphatic carbocycles. The molecular formula is C21H31N3O2. The molecule has 2 aliphatic heterocycles. The number of anilines is 1. The van der Waals surface area contributed by atoms with Gasteiger partial charge >= 0.3 is 0 Å². The fourth-order valence-corrected chi connectivity index (χ4v) is 4.11. The standard InChI is InChI=1S/C21H31N3O2/c1-14-12-18(21(26)24-11-5-4-6-16(24)3)7-8-19(14)23-20(25)17-9-10-22-15(2)13-17/h7-8,12,15-17,22H,4-6,9-11,13H2,1-3H3,(H,23,25)/t15-,16?,17-/m0/s1. The number of rotatable bonds is 3. The van der Waals surface area contributed by atoms with E-state index in [0.29, 0.717) is 17.6 Å². The fourth-order valence-electron chi connectivity index (χ4n) is 4.11. The van der Waals surface area contributed by atoms with Crippen LogP contribution < -0.4 is 10.6 Å². The second-order valence-electron chi connectivity index (χ2n) is 7.94. The van der Waals surface area contributed by atoms with Crippen LogP contribution in [0.25, 0.3) is 0 Å². The van der Waals surface area contributed by atoms with E-state index in [1.54, 1.807) is 0 Å². The number of nitrogens with one attached hydrogen (secondary N) is 2. The van der Waals surface area contributed by atoms with Crippen molar-refractivity contribution in [1.82, 2.24) is 10.2 Å². The number of amides is 2. The minimum atomic E-state index is 0.0566. The Morgan fingerprint density at radius 2 is 2.00 bits per heavy atom. The van der Waals surface area contributed by atoms with Gasteiger partial charge in [-0.15, -0.1) is 0 Å². The molecule has 0 radical (unpaired) electrons. The summed E-state index contributed by atoms with van der Waals surface area (Å²) in [6, 6.07) is 6.31. The zero-order valence-corrected chi connectivity index (χ0v) is 16.2. The van der Waals surface area contributed by atoms with E-state index < -0.39 is 0 Å². The Bertz CT molecular complexity index is 673. The first-order chi connectivity index (χ1) is 12.5. The lowest BCUT2D eigenvalue weighted by Crippen LogP contribution is -2.42. The van der Waals surface area contributed by atoms with Gasteiger partial charge in [0, 0.05) is 35.8 Å². The SMILES string of the molecule is Cc1cc(C(=O)N2CCCCC2C)ccc1NC(=O)[C@H]1CCN[C@@H](C)C1. The van der Waals surface area contributed by atoms with Gasteiger partial charge in [0.15, 0.2) is 0 Å². The van der Waals surface area contributed by atoms with Gasteiger partial charge in [0.05, 0.1) is 0 Å². The van der Waals surface area contributed by atoms with Crippen LogP contribution in [0.4, 0.5) is 5.69 Å². The lowest BCUT2D eigenvalue weighted by Gasteiger charge is -2.33. The first-order valence-corrected chi connectivity index (χ1v) is 9.91. The van der Waals surface area contributed by atoms with Crippen LogP contribution in [0.15, 0.2) is 18.2 Å². The molecule has 2 aliphatic rings. The monoisotopic (exact) mass is 357 g/mol. The number of benzene rings is 1. The van der Waals surface area contributed by atoms with Crippen LogP contribution in [0.1, 0.15) is 61.9 Å². The molecule has 26 heavy (non-hydrogen) atoms. The van der Waals surface area contributed by atoms with E-state index >= 15 is 0 Å². The molecule has 3 rings (SSSR count). The van der Waals surface area contributed by atoms with Crippen molar-refractivity contribution < 1.29 is 9.59 Å². The minimum absolute atomic E-state index is 0.0566. The fraction of sp³-hybridized carbons (Fsp3) is 0.619. The van der Waals surface area contributed by atoms with E-state index in [1.807, 2.05) is 30.0 Å². The smallest absolute Gasteiger partial charge is 0.254 e. The summed E-state index contributed by atoms with van der Waals surface area (Å²) >= 11 is 0. The van der Waals surface area contributed by atoms with E-state index in [9.17, 15) is 9.59 Å². The van der Waals surface area contributed by atoms with Crippen LogP contribution in [-0.4, -0.2) is 41.9 Å². The van der Waals surface area contributed by atoms with Crippen LogP contribution in [0.5, 0.6) is 0 Å². The Morgan fingerprint density at radius 1 is 1.19 bits per heavy atom. The van der Waals surface area contributed by atoms with Gasteiger partial charge in [-0.05, 0) is 83.2 Å². The van der Waals surface area contributed by atoms with Crippen molar-refractivity contribution >= 4 is 17.5 Å². The van der Waals surface area contributed by atoms with Crippen LogP contribution in [0, 0.1) is 12.8 Å². The average molecular weight is 357 g/mol. The highest BCUT2D eigenvalue weighted by Crippen LogP contribution is 2.24. The van der Waals surface area contributed by atoms with Gasteiger partial charge in [0.25, 0.3) is 5.91 Å². The van der Waals surface area contributed by atoms with Gasteiger partial charge in [0.1, 0.15) is 0 Å². The number of aryl methyl sites for hydroxylation is 1. The third-order valence-corrected chi connectivity index (χ3v) is 5.79. The molecule has 5 heteroatoms. The van der Waals surface area contributed by atoms with Crippen molar-refractivity contribution in [1.29, 1.82) is 0 Å². The predicted octanol–water partition coefficient (Wildman–Crippen LogP) is 3.34. The van der Waals surface area contributed by atoms with Crippen molar-refractivity contribution in [2.24, 2.45) is 5.92 Å². The van der Waals surface area contributed by atoms with Crippen molar-refractivity contribution in [3.8, 4) is 0 Å². The second kappa shape index (κ2) is 8.21. The molecule has 2 amide bonds. The molecule has 142 valence electrons. The van der Waals surface area contributed by atoms with Crippen LogP contribution in [-0.2, 0) is 4.79 Å². The van der Waals surface area contributed by atoms with Crippen molar-refractivity contribution in [2.45, 2.75) is 65.0 Å². The average Bonchev–Trinajstić information content (AvgIpc) is 2.63. The number of likely N-dealkylation sites (tertiary alicyclic amines) is 1. The predicted molar refractivity (Wildman–Crippen MR) is 104 cm³/mol. The molecule has 1 aromatic carbocycles. The van der Waals surface area contributed by atoms with Gasteiger partial charge in [-0.3, -0.25) is 9.59 Å².